The molecule has 1 heterocycles. The molecule has 1 N–H and O–H groups in total. The Morgan fingerprint density at radius 1 is 1.12 bits per heavy atom. The fraction of sp³-hybridized carbons (Fsp3) is 1.00. The van der Waals surface area contributed by atoms with Crippen molar-refractivity contribution in [1.29, 1.82) is 0 Å². The van der Waals surface area contributed by atoms with Gasteiger partial charge in [0.25, 0.3) is 0 Å². The lowest BCUT2D eigenvalue weighted by molar-refractivity contribution is -0.253. The van der Waals surface area contributed by atoms with E-state index in [9.17, 15) is 0 Å². The fourth-order valence-electron chi connectivity index (χ4n) is 2.94. The monoisotopic (exact) mass is 241 g/mol. The molecule has 2 atom stereocenters. The van der Waals surface area contributed by atoms with E-state index in [4.69, 9.17) is 9.47 Å². The molecule has 0 aromatic carbocycles. The van der Waals surface area contributed by atoms with Gasteiger partial charge in [0, 0.05) is 6.04 Å². The maximum atomic E-state index is 5.69. The van der Waals surface area contributed by atoms with Crippen LogP contribution in [0.1, 0.15) is 52.9 Å². The van der Waals surface area contributed by atoms with Gasteiger partial charge in [0.1, 0.15) is 0 Å². The summed E-state index contributed by atoms with van der Waals surface area (Å²) in [5, 5.41) is 3.71. The van der Waals surface area contributed by atoms with E-state index in [1.807, 2.05) is 13.8 Å². The maximum Gasteiger partial charge on any atom is 0.162 e. The molecule has 0 aromatic heterocycles. The van der Waals surface area contributed by atoms with E-state index in [0.717, 1.165) is 19.1 Å². The molecule has 0 spiro atoms. The molecule has 1 aliphatic carbocycles. The molecule has 2 aliphatic rings. The Kier molecular flexibility index (Phi) is 4.45. The van der Waals surface area contributed by atoms with Crippen LogP contribution in [0.5, 0.6) is 0 Å². The van der Waals surface area contributed by atoms with Crippen LogP contribution >= 0.6 is 0 Å². The molecule has 3 heteroatoms. The Morgan fingerprint density at radius 3 is 2.47 bits per heavy atom. The fourth-order valence-corrected chi connectivity index (χ4v) is 2.94. The Balaban J connectivity index is 1.74. The number of rotatable bonds is 3. The first-order chi connectivity index (χ1) is 8.09. The van der Waals surface area contributed by atoms with Crippen molar-refractivity contribution in [2.75, 3.05) is 13.2 Å². The van der Waals surface area contributed by atoms with Crippen molar-refractivity contribution in [3.8, 4) is 0 Å². The summed E-state index contributed by atoms with van der Waals surface area (Å²) in [6.07, 6.45) is 6.76. The average molecular weight is 241 g/mol. The zero-order chi connectivity index (χ0) is 12.3. The van der Waals surface area contributed by atoms with E-state index in [1.165, 1.54) is 32.1 Å². The minimum absolute atomic E-state index is 0.378. The zero-order valence-electron chi connectivity index (χ0n) is 11.5. The van der Waals surface area contributed by atoms with E-state index in [1.54, 1.807) is 0 Å². The van der Waals surface area contributed by atoms with Crippen molar-refractivity contribution in [1.82, 2.24) is 5.32 Å². The lowest BCUT2D eigenvalue weighted by atomic mass is 9.84. The molecule has 1 aliphatic heterocycles. The molecule has 2 unspecified atom stereocenters. The third kappa shape index (κ3) is 3.94. The highest BCUT2D eigenvalue weighted by molar-refractivity contribution is 4.82. The number of hydrogen-bond acceptors (Lipinski definition) is 3. The molecule has 3 nitrogen and oxygen atoms in total. The van der Waals surface area contributed by atoms with Crippen molar-refractivity contribution < 1.29 is 9.47 Å². The predicted molar refractivity (Wildman–Crippen MR) is 68.9 cm³/mol. The van der Waals surface area contributed by atoms with Crippen molar-refractivity contribution in [3.05, 3.63) is 0 Å². The average Bonchev–Trinajstić information content (AvgIpc) is 2.32. The van der Waals surface area contributed by atoms with Crippen LogP contribution in [0.15, 0.2) is 0 Å². The third-order valence-corrected chi connectivity index (χ3v) is 4.10. The van der Waals surface area contributed by atoms with Crippen molar-refractivity contribution in [2.24, 2.45) is 5.92 Å². The second-order valence-corrected chi connectivity index (χ2v) is 6.02. The van der Waals surface area contributed by atoms with Gasteiger partial charge in [-0.15, -0.1) is 0 Å². The Hall–Kier alpha value is -0.120. The summed E-state index contributed by atoms with van der Waals surface area (Å²) in [6, 6.07) is 1.05. The second kappa shape index (κ2) is 5.68. The van der Waals surface area contributed by atoms with Crippen LogP contribution in [-0.4, -0.2) is 31.1 Å². The summed E-state index contributed by atoms with van der Waals surface area (Å²) in [5.74, 6) is 0.527. The van der Waals surface area contributed by atoms with Gasteiger partial charge >= 0.3 is 0 Å². The van der Waals surface area contributed by atoms with E-state index in [0.29, 0.717) is 12.1 Å². The lowest BCUT2D eigenvalue weighted by Crippen LogP contribution is -2.52. The van der Waals surface area contributed by atoms with Gasteiger partial charge < -0.3 is 14.8 Å². The first-order valence-corrected chi connectivity index (χ1v) is 7.13. The standard InChI is InChI=1S/C14H27NO2/c1-4-11-6-5-7-12(8-11)15-13-9-16-14(2,3)17-10-13/h11-13,15H,4-10H2,1-3H3. The molecule has 100 valence electrons. The number of hydrogen-bond donors (Lipinski definition) is 1. The van der Waals surface area contributed by atoms with Gasteiger partial charge in [-0.25, -0.2) is 0 Å². The van der Waals surface area contributed by atoms with Gasteiger partial charge in [0.15, 0.2) is 5.79 Å². The zero-order valence-corrected chi connectivity index (χ0v) is 11.5. The SMILES string of the molecule is CCC1CCCC(NC2COC(C)(C)OC2)C1. The molecular weight excluding hydrogens is 214 g/mol. The highest BCUT2D eigenvalue weighted by atomic mass is 16.7. The van der Waals surface area contributed by atoms with Crippen LogP contribution in [0.2, 0.25) is 0 Å². The first kappa shape index (κ1) is 13.3. The Labute approximate surface area is 105 Å². The van der Waals surface area contributed by atoms with Crippen molar-refractivity contribution in [2.45, 2.75) is 70.7 Å². The topological polar surface area (TPSA) is 30.5 Å². The van der Waals surface area contributed by atoms with E-state index >= 15 is 0 Å². The normalized spacial score (nSPS) is 34.8. The van der Waals surface area contributed by atoms with Crippen LogP contribution < -0.4 is 5.32 Å². The van der Waals surface area contributed by atoms with E-state index < -0.39 is 5.79 Å². The van der Waals surface area contributed by atoms with Crippen LogP contribution in [0.3, 0.4) is 0 Å². The maximum absolute atomic E-state index is 5.69. The minimum atomic E-state index is -0.392. The van der Waals surface area contributed by atoms with Crippen LogP contribution in [0.25, 0.3) is 0 Å². The number of nitrogens with one attached hydrogen (secondary N) is 1. The minimum Gasteiger partial charge on any atom is -0.349 e. The summed E-state index contributed by atoms with van der Waals surface area (Å²) in [5.41, 5.74) is 0. The van der Waals surface area contributed by atoms with Gasteiger partial charge in [0.05, 0.1) is 19.3 Å². The van der Waals surface area contributed by atoms with Crippen LogP contribution in [-0.2, 0) is 9.47 Å². The summed E-state index contributed by atoms with van der Waals surface area (Å²) in [4.78, 5) is 0. The van der Waals surface area contributed by atoms with Gasteiger partial charge in [-0.05, 0) is 32.6 Å². The highest BCUT2D eigenvalue weighted by Gasteiger charge is 2.30. The predicted octanol–water partition coefficient (Wildman–Crippen LogP) is 2.70. The molecule has 1 saturated carbocycles. The first-order valence-electron chi connectivity index (χ1n) is 7.13. The number of ether oxygens (including phenoxy) is 2. The van der Waals surface area contributed by atoms with Crippen molar-refractivity contribution in [3.63, 3.8) is 0 Å². The molecule has 0 bridgehead atoms. The summed E-state index contributed by atoms with van der Waals surface area (Å²) in [7, 11) is 0. The molecule has 2 rings (SSSR count). The van der Waals surface area contributed by atoms with Gasteiger partial charge in [-0.2, -0.15) is 0 Å². The molecule has 1 saturated heterocycles. The van der Waals surface area contributed by atoms with Gasteiger partial charge in [-0.3, -0.25) is 0 Å². The summed E-state index contributed by atoms with van der Waals surface area (Å²) >= 11 is 0. The summed E-state index contributed by atoms with van der Waals surface area (Å²) in [6.45, 7) is 7.83. The molecule has 17 heavy (non-hydrogen) atoms. The highest BCUT2D eigenvalue weighted by Crippen LogP contribution is 2.27. The Morgan fingerprint density at radius 2 is 1.82 bits per heavy atom. The molecule has 0 aromatic rings. The van der Waals surface area contributed by atoms with Crippen molar-refractivity contribution >= 4 is 0 Å². The smallest absolute Gasteiger partial charge is 0.162 e. The van der Waals surface area contributed by atoms with Gasteiger partial charge in [0.2, 0.25) is 0 Å². The van der Waals surface area contributed by atoms with Gasteiger partial charge in [-0.1, -0.05) is 26.2 Å². The molecule has 0 amide bonds. The van der Waals surface area contributed by atoms with E-state index in [2.05, 4.69) is 12.2 Å². The molecule has 2 fully saturated rings. The van der Waals surface area contributed by atoms with Crippen LogP contribution in [0.4, 0.5) is 0 Å². The van der Waals surface area contributed by atoms with E-state index in [-0.39, 0.29) is 0 Å². The Bertz CT molecular complexity index is 232. The lowest BCUT2D eigenvalue weighted by Gasteiger charge is -2.38. The molecular formula is C14H27NO2. The molecule has 0 radical (unpaired) electrons. The largest absolute Gasteiger partial charge is 0.349 e. The second-order valence-electron chi connectivity index (χ2n) is 6.02. The van der Waals surface area contributed by atoms with Crippen LogP contribution in [0, 0.1) is 5.92 Å². The quantitative estimate of drug-likeness (QED) is 0.824. The third-order valence-electron chi connectivity index (χ3n) is 4.10. The summed E-state index contributed by atoms with van der Waals surface area (Å²) < 4.78 is 11.4.